The lowest BCUT2D eigenvalue weighted by Gasteiger charge is -2.16. The van der Waals surface area contributed by atoms with Crippen LogP contribution >= 0.6 is 0 Å². The van der Waals surface area contributed by atoms with Crippen molar-refractivity contribution in [3.05, 3.63) is 0 Å². The van der Waals surface area contributed by atoms with Gasteiger partial charge in [-0.2, -0.15) is 0 Å². The van der Waals surface area contributed by atoms with Gasteiger partial charge in [-0.1, -0.05) is 13.8 Å². The molecular weight excluding hydrogens is 230 g/mol. The maximum Gasteiger partial charge on any atom is 0.306 e. The summed E-state index contributed by atoms with van der Waals surface area (Å²) in [4.78, 5) is 25.1. The van der Waals surface area contributed by atoms with Crippen LogP contribution in [0.2, 0.25) is 0 Å². The number of hydrogen-bond donors (Lipinski definition) is 0. The molecule has 0 aromatic heterocycles. The number of rotatable bonds is 7. The molecule has 0 saturated carbocycles. The molecule has 4 nitrogen and oxygen atoms in total. The van der Waals surface area contributed by atoms with Crippen molar-refractivity contribution < 1.29 is 14.3 Å². The highest BCUT2D eigenvalue weighted by Crippen LogP contribution is 2.23. The largest absolute Gasteiger partial charge is 0.466 e. The second-order valence-corrected chi connectivity index (χ2v) is 5.37. The van der Waals surface area contributed by atoms with Crippen LogP contribution < -0.4 is 0 Å². The Morgan fingerprint density at radius 1 is 1.33 bits per heavy atom. The summed E-state index contributed by atoms with van der Waals surface area (Å²) >= 11 is 0. The zero-order valence-corrected chi connectivity index (χ0v) is 11.8. The van der Waals surface area contributed by atoms with Gasteiger partial charge in [0.25, 0.3) is 0 Å². The molecule has 4 heteroatoms. The van der Waals surface area contributed by atoms with Crippen LogP contribution in [0.1, 0.15) is 40.0 Å². The van der Waals surface area contributed by atoms with Crippen molar-refractivity contribution >= 4 is 11.8 Å². The van der Waals surface area contributed by atoms with E-state index >= 15 is 0 Å². The van der Waals surface area contributed by atoms with Crippen LogP contribution in [0.25, 0.3) is 0 Å². The van der Waals surface area contributed by atoms with E-state index in [4.69, 9.17) is 4.74 Å². The molecule has 0 amide bonds. The molecule has 0 radical (unpaired) electrons. The van der Waals surface area contributed by atoms with Gasteiger partial charge in [0, 0.05) is 13.0 Å². The number of ether oxygens (including phenoxy) is 1. The number of hydrogen-bond acceptors (Lipinski definition) is 4. The van der Waals surface area contributed by atoms with Crippen LogP contribution in [-0.4, -0.2) is 42.9 Å². The molecule has 1 aliphatic heterocycles. The molecule has 1 fully saturated rings. The topological polar surface area (TPSA) is 46.6 Å². The predicted octanol–water partition coefficient (Wildman–Crippen LogP) is 1.88. The van der Waals surface area contributed by atoms with E-state index in [1.54, 1.807) is 6.92 Å². The summed E-state index contributed by atoms with van der Waals surface area (Å²) in [6.07, 6.45) is 1.71. The van der Waals surface area contributed by atoms with E-state index in [0.717, 1.165) is 13.1 Å². The third-order valence-electron chi connectivity index (χ3n) is 3.56. The average molecular weight is 255 g/mol. The van der Waals surface area contributed by atoms with Crippen molar-refractivity contribution in [2.75, 3.05) is 26.2 Å². The van der Waals surface area contributed by atoms with Crippen LogP contribution in [-0.2, 0) is 14.3 Å². The smallest absolute Gasteiger partial charge is 0.306 e. The first-order valence-electron chi connectivity index (χ1n) is 6.92. The lowest BCUT2D eigenvalue weighted by molar-refractivity contribution is -0.144. The van der Waals surface area contributed by atoms with Gasteiger partial charge in [0.2, 0.25) is 0 Å². The average Bonchev–Trinajstić information content (AvgIpc) is 2.75. The predicted molar refractivity (Wildman–Crippen MR) is 70.3 cm³/mol. The van der Waals surface area contributed by atoms with E-state index in [2.05, 4.69) is 18.7 Å². The van der Waals surface area contributed by atoms with Crippen molar-refractivity contribution in [1.29, 1.82) is 0 Å². The van der Waals surface area contributed by atoms with Crippen LogP contribution in [0.4, 0.5) is 0 Å². The second-order valence-electron chi connectivity index (χ2n) is 5.37. The Labute approximate surface area is 110 Å². The van der Waals surface area contributed by atoms with Crippen molar-refractivity contribution in [3.8, 4) is 0 Å². The van der Waals surface area contributed by atoms with Crippen molar-refractivity contribution in [1.82, 2.24) is 4.90 Å². The van der Waals surface area contributed by atoms with Gasteiger partial charge < -0.3 is 4.74 Å². The standard InChI is InChI=1S/C14H25NO3/c1-4-18-14(17)6-5-13(16)10-15-8-7-12(9-15)11(2)3/h11-12H,4-10H2,1-3H3. The molecule has 0 aromatic rings. The molecule has 1 saturated heterocycles. The van der Waals surface area contributed by atoms with Crippen molar-refractivity contribution in [3.63, 3.8) is 0 Å². The van der Waals surface area contributed by atoms with E-state index in [1.807, 2.05) is 0 Å². The first-order valence-corrected chi connectivity index (χ1v) is 6.92. The number of likely N-dealkylation sites (tertiary alicyclic amines) is 1. The summed E-state index contributed by atoms with van der Waals surface area (Å²) in [6, 6.07) is 0. The molecule has 0 bridgehead atoms. The Hall–Kier alpha value is -0.900. The third kappa shape index (κ3) is 5.17. The number of carbonyl (C=O) groups is 2. The van der Waals surface area contributed by atoms with Gasteiger partial charge in [0.15, 0.2) is 0 Å². The van der Waals surface area contributed by atoms with Crippen LogP contribution in [0.3, 0.4) is 0 Å². The first kappa shape index (κ1) is 15.2. The van der Waals surface area contributed by atoms with E-state index < -0.39 is 0 Å². The number of Topliss-reactive ketones (excluding diaryl/α,β-unsaturated/α-hetero) is 1. The van der Waals surface area contributed by atoms with Gasteiger partial charge in [0.05, 0.1) is 19.6 Å². The fourth-order valence-electron chi connectivity index (χ4n) is 2.35. The quantitative estimate of drug-likeness (QED) is 0.652. The molecule has 1 rings (SSSR count). The summed E-state index contributed by atoms with van der Waals surface area (Å²) in [5.41, 5.74) is 0. The van der Waals surface area contributed by atoms with Gasteiger partial charge in [-0.15, -0.1) is 0 Å². The summed E-state index contributed by atoms with van der Waals surface area (Å²) in [6.45, 7) is 9.14. The molecule has 1 heterocycles. The summed E-state index contributed by atoms with van der Waals surface area (Å²) < 4.78 is 4.81. The maximum absolute atomic E-state index is 11.7. The summed E-state index contributed by atoms with van der Waals surface area (Å²) in [5.74, 6) is 1.27. The lowest BCUT2D eigenvalue weighted by Crippen LogP contribution is -2.28. The van der Waals surface area contributed by atoms with Crippen LogP contribution in [0, 0.1) is 11.8 Å². The van der Waals surface area contributed by atoms with Crippen molar-refractivity contribution in [2.45, 2.75) is 40.0 Å². The third-order valence-corrected chi connectivity index (χ3v) is 3.56. The molecule has 1 unspecified atom stereocenters. The summed E-state index contributed by atoms with van der Waals surface area (Å²) in [5, 5.41) is 0. The minimum atomic E-state index is -0.271. The molecule has 0 aromatic carbocycles. The van der Waals surface area contributed by atoms with E-state index in [1.165, 1.54) is 6.42 Å². The van der Waals surface area contributed by atoms with Crippen LogP contribution in [0.15, 0.2) is 0 Å². The molecule has 0 aliphatic carbocycles. The Kier molecular flexibility index (Phi) is 6.33. The fourth-order valence-corrected chi connectivity index (χ4v) is 2.35. The SMILES string of the molecule is CCOC(=O)CCC(=O)CN1CCC(C(C)C)C1. The Bertz CT molecular complexity index is 289. The lowest BCUT2D eigenvalue weighted by atomic mass is 9.95. The molecule has 0 spiro atoms. The highest BCUT2D eigenvalue weighted by atomic mass is 16.5. The van der Waals surface area contributed by atoms with Crippen molar-refractivity contribution in [2.24, 2.45) is 11.8 Å². The van der Waals surface area contributed by atoms with Gasteiger partial charge in [0.1, 0.15) is 5.78 Å². The number of carbonyl (C=O) groups excluding carboxylic acids is 2. The van der Waals surface area contributed by atoms with Crippen LogP contribution in [0.5, 0.6) is 0 Å². The monoisotopic (exact) mass is 255 g/mol. The fraction of sp³-hybridized carbons (Fsp3) is 0.857. The van der Waals surface area contributed by atoms with Gasteiger partial charge in [-0.05, 0) is 31.7 Å². The number of ketones is 1. The molecular formula is C14H25NO3. The molecule has 18 heavy (non-hydrogen) atoms. The molecule has 0 N–H and O–H groups in total. The second kappa shape index (κ2) is 7.52. The van der Waals surface area contributed by atoms with E-state index in [0.29, 0.717) is 31.4 Å². The minimum Gasteiger partial charge on any atom is -0.466 e. The highest BCUT2D eigenvalue weighted by Gasteiger charge is 2.25. The normalized spacial score (nSPS) is 20.3. The Morgan fingerprint density at radius 2 is 2.06 bits per heavy atom. The Morgan fingerprint density at radius 3 is 2.61 bits per heavy atom. The zero-order valence-electron chi connectivity index (χ0n) is 11.8. The van der Waals surface area contributed by atoms with E-state index in [-0.39, 0.29) is 18.2 Å². The van der Waals surface area contributed by atoms with Gasteiger partial charge in [-0.25, -0.2) is 0 Å². The maximum atomic E-state index is 11.7. The zero-order chi connectivity index (χ0) is 13.5. The number of nitrogens with zero attached hydrogens (tertiary/aromatic N) is 1. The number of esters is 1. The molecule has 1 aliphatic rings. The molecule has 104 valence electrons. The van der Waals surface area contributed by atoms with Gasteiger partial charge >= 0.3 is 5.97 Å². The Balaban J connectivity index is 2.19. The first-order chi connectivity index (χ1) is 8.52. The molecule has 1 atom stereocenters. The van der Waals surface area contributed by atoms with Gasteiger partial charge in [-0.3, -0.25) is 14.5 Å². The van der Waals surface area contributed by atoms with E-state index in [9.17, 15) is 9.59 Å². The highest BCUT2D eigenvalue weighted by molar-refractivity contribution is 5.84. The minimum absolute atomic E-state index is 0.146. The summed E-state index contributed by atoms with van der Waals surface area (Å²) in [7, 11) is 0.